The maximum Gasteiger partial charge on any atom is 0.232 e. The van der Waals surface area contributed by atoms with Gasteiger partial charge in [0.05, 0.1) is 25.1 Å². The number of hydrogen-bond acceptors (Lipinski definition) is 4. The van der Waals surface area contributed by atoms with Gasteiger partial charge in [-0.1, -0.05) is 30.3 Å². The quantitative estimate of drug-likeness (QED) is 0.714. The molecule has 2 aromatic carbocycles. The molecule has 0 aromatic heterocycles. The lowest BCUT2D eigenvalue weighted by Crippen LogP contribution is -2.32. The van der Waals surface area contributed by atoms with Crippen molar-refractivity contribution >= 4 is 21.6 Å². The van der Waals surface area contributed by atoms with E-state index < -0.39 is 10.0 Å². The van der Waals surface area contributed by atoms with Gasteiger partial charge in [-0.25, -0.2) is 8.42 Å². The summed E-state index contributed by atoms with van der Waals surface area (Å²) in [5, 5.41) is 2.94. The van der Waals surface area contributed by atoms with Gasteiger partial charge < -0.3 is 10.1 Å². The van der Waals surface area contributed by atoms with Crippen LogP contribution in [0.5, 0.6) is 5.75 Å². The first kappa shape index (κ1) is 20.8. The molecule has 1 N–H and O–H groups in total. The van der Waals surface area contributed by atoms with E-state index in [1.807, 2.05) is 37.3 Å². The van der Waals surface area contributed by atoms with Crippen LogP contribution in [0.3, 0.4) is 0 Å². The molecule has 0 heterocycles. The smallest absolute Gasteiger partial charge is 0.232 e. The number of nitrogens with one attached hydrogen (secondary N) is 1. The lowest BCUT2D eigenvalue weighted by molar-refractivity contribution is -0.121. The van der Waals surface area contributed by atoms with Gasteiger partial charge in [-0.3, -0.25) is 9.10 Å². The number of nitrogens with zero attached hydrogens (tertiary/aromatic N) is 1. The minimum absolute atomic E-state index is 0.0914. The van der Waals surface area contributed by atoms with Crippen LogP contribution in [0.4, 0.5) is 5.69 Å². The van der Waals surface area contributed by atoms with Gasteiger partial charge in [-0.15, -0.1) is 0 Å². The van der Waals surface area contributed by atoms with Gasteiger partial charge in [-0.05, 0) is 43.2 Å². The SMILES string of the molecule is COc1ccc(N(CCCC(=O)N[C@@H](C)c2ccccc2)S(C)(=O)=O)cc1. The van der Waals surface area contributed by atoms with Crippen molar-refractivity contribution in [2.45, 2.75) is 25.8 Å². The molecule has 2 rings (SSSR count). The lowest BCUT2D eigenvalue weighted by Gasteiger charge is -2.22. The first-order chi connectivity index (χ1) is 12.8. The van der Waals surface area contributed by atoms with Crippen molar-refractivity contribution in [1.29, 1.82) is 0 Å². The zero-order valence-corrected chi connectivity index (χ0v) is 16.7. The summed E-state index contributed by atoms with van der Waals surface area (Å²) in [6.07, 6.45) is 1.83. The molecule has 27 heavy (non-hydrogen) atoms. The van der Waals surface area contributed by atoms with E-state index in [0.717, 1.165) is 11.8 Å². The summed E-state index contributed by atoms with van der Waals surface area (Å²) in [6.45, 7) is 2.16. The molecule has 0 spiro atoms. The van der Waals surface area contributed by atoms with Crippen molar-refractivity contribution in [1.82, 2.24) is 5.32 Å². The van der Waals surface area contributed by atoms with E-state index in [-0.39, 0.29) is 24.9 Å². The average molecular weight is 391 g/mol. The van der Waals surface area contributed by atoms with Crippen LogP contribution in [-0.2, 0) is 14.8 Å². The minimum atomic E-state index is -3.44. The van der Waals surface area contributed by atoms with Gasteiger partial charge in [0.25, 0.3) is 0 Å². The Kier molecular flexibility index (Phi) is 7.24. The van der Waals surface area contributed by atoms with Gasteiger partial charge in [0.1, 0.15) is 5.75 Å². The van der Waals surface area contributed by atoms with Crippen molar-refractivity contribution in [2.24, 2.45) is 0 Å². The van der Waals surface area contributed by atoms with Crippen LogP contribution < -0.4 is 14.4 Å². The first-order valence-corrected chi connectivity index (χ1v) is 10.6. The van der Waals surface area contributed by atoms with Crippen LogP contribution >= 0.6 is 0 Å². The maximum absolute atomic E-state index is 12.2. The Labute approximate surface area is 161 Å². The Hall–Kier alpha value is -2.54. The Morgan fingerprint density at radius 2 is 1.74 bits per heavy atom. The molecular weight excluding hydrogens is 364 g/mol. The van der Waals surface area contributed by atoms with Crippen LogP contribution in [0.1, 0.15) is 31.4 Å². The number of benzene rings is 2. The Bertz CT molecular complexity index is 836. The Balaban J connectivity index is 1.92. The summed E-state index contributed by atoms with van der Waals surface area (Å²) in [5.74, 6) is 0.552. The van der Waals surface area contributed by atoms with Crippen molar-refractivity contribution in [3.8, 4) is 5.75 Å². The molecule has 1 amide bonds. The zero-order valence-electron chi connectivity index (χ0n) is 15.9. The second-order valence-electron chi connectivity index (χ2n) is 6.34. The van der Waals surface area contributed by atoms with Gasteiger partial charge >= 0.3 is 0 Å². The number of sulfonamides is 1. The van der Waals surface area contributed by atoms with Crippen LogP contribution in [0.2, 0.25) is 0 Å². The van der Waals surface area contributed by atoms with Gasteiger partial charge in [0.15, 0.2) is 0 Å². The van der Waals surface area contributed by atoms with E-state index in [2.05, 4.69) is 5.32 Å². The van der Waals surface area contributed by atoms with E-state index >= 15 is 0 Å². The molecule has 0 bridgehead atoms. The predicted molar refractivity (Wildman–Crippen MR) is 107 cm³/mol. The maximum atomic E-state index is 12.2. The highest BCUT2D eigenvalue weighted by Gasteiger charge is 2.18. The molecule has 0 aliphatic rings. The number of hydrogen-bond donors (Lipinski definition) is 1. The van der Waals surface area contributed by atoms with E-state index in [9.17, 15) is 13.2 Å². The van der Waals surface area contributed by atoms with Gasteiger partial charge in [0.2, 0.25) is 15.9 Å². The van der Waals surface area contributed by atoms with E-state index in [0.29, 0.717) is 17.9 Å². The number of amides is 1. The van der Waals surface area contributed by atoms with E-state index in [1.165, 1.54) is 4.31 Å². The van der Waals surface area contributed by atoms with Gasteiger partial charge in [-0.2, -0.15) is 0 Å². The van der Waals surface area contributed by atoms with E-state index in [4.69, 9.17) is 4.74 Å². The molecule has 0 saturated carbocycles. The van der Waals surface area contributed by atoms with Crippen molar-refractivity contribution in [2.75, 3.05) is 24.2 Å². The fourth-order valence-corrected chi connectivity index (χ4v) is 3.72. The summed E-state index contributed by atoms with van der Waals surface area (Å²) in [4.78, 5) is 12.2. The molecule has 0 radical (unpaired) electrons. The molecule has 7 heteroatoms. The second-order valence-corrected chi connectivity index (χ2v) is 8.24. The monoisotopic (exact) mass is 390 g/mol. The largest absolute Gasteiger partial charge is 0.497 e. The topological polar surface area (TPSA) is 75.7 Å². The van der Waals surface area contributed by atoms with E-state index in [1.54, 1.807) is 31.4 Å². The van der Waals surface area contributed by atoms with Crippen LogP contribution in [0, 0.1) is 0 Å². The van der Waals surface area contributed by atoms with Crippen molar-refractivity contribution < 1.29 is 17.9 Å². The third-order valence-corrected chi connectivity index (χ3v) is 5.40. The number of rotatable bonds is 9. The summed E-state index contributed by atoms with van der Waals surface area (Å²) >= 11 is 0. The standard InChI is InChI=1S/C20H26N2O4S/c1-16(17-8-5-4-6-9-17)21-20(23)10-7-15-22(27(3,24)25)18-11-13-19(26-2)14-12-18/h4-6,8-9,11-14,16H,7,10,15H2,1-3H3,(H,21,23)/t16-/m0/s1. The first-order valence-electron chi connectivity index (χ1n) is 8.77. The number of anilines is 1. The molecule has 0 saturated heterocycles. The summed E-state index contributed by atoms with van der Waals surface area (Å²) in [7, 11) is -1.89. The fourth-order valence-electron chi connectivity index (χ4n) is 2.76. The molecule has 2 aromatic rings. The Morgan fingerprint density at radius 3 is 2.30 bits per heavy atom. The number of carbonyl (C=O) groups excluding carboxylic acids is 1. The zero-order chi connectivity index (χ0) is 19.9. The fraction of sp³-hybridized carbons (Fsp3) is 0.350. The number of carbonyl (C=O) groups is 1. The third kappa shape index (κ3) is 6.29. The molecule has 6 nitrogen and oxygen atoms in total. The van der Waals surface area contributed by atoms with Gasteiger partial charge in [0, 0.05) is 13.0 Å². The molecule has 0 aliphatic heterocycles. The van der Waals surface area contributed by atoms with Crippen LogP contribution in [-0.4, -0.2) is 34.2 Å². The third-order valence-electron chi connectivity index (χ3n) is 4.20. The second kappa shape index (κ2) is 9.41. The molecule has 1 atom stereocenters. The molecular formula is C20H26N2O4S. The average Bonchev–Trinajstić information content (AvgIpc) is 2.65. The highest BCUT2D eigenvalue weighted by Crippen LogP contribution is 2.22. The summed E-state index contributed by atoms with van der Waals surface area (Å²) in [5.41, 5.74) is 1.58. The molecule has 146 valence electrons. The number of methoxy groups -OCH3 is 1. The lowest BCUT2D eigenvalue weighted by atomic mass is 10.1. The number of ether oxygens (including phenoxy) is 1. The molecule has 0 unspecified atom stereocenters. The van der Waals surface area contributed by atoms with Crippen LogP contribution in [0.25, 0.3) is 0 Å². The predicted octanol–water partition coefficient (Wildman–Crippen LogP) is 3.12. The van der Waals surface area contributed by atoms with Crippen LogP contribution in [0.15, 0.2) is 54.6 Å². The normalized spacial score (nSPS) is 12.3. The molecule has 0 fully saturated rings. The molecule has 0 aliphatic carbocycles. The summed E-state index contributed by atoms with van der Waals surface area (Å²) in [6, 6.07) is 16.4. The van der Waals surface area contributed by atoms with Crippen molar-refractivity contribution in [3.63, 3.8) is 0 Å². The minimum Gasteiger partial charge on any atom is -0.497 e. The highest BCUT2D eigenvalue weighted by molar-refractivity contribution is 7.92. The Morgan fingerprint density at radius 1 is 1.11 bits per heavy atom. The summed E-state index contributed by atoms with van der Waals surface area (Å²) < 4.78 is 30.6. The van der Waals surface area contributed by atoms with Crippen molar-refractivity contribution in [3.05, 3.63) is 60.2 Å². The highest BCUT2D eigenvalue weighted by atomic mass is 32.2.